The van der Waals surface area contributed by atoms with Gasteiger partial charge in [-0.15, -0.1) is 0 Å². The highest BCUT2D eigenvalue weighted by molar-refractivity contribution is 6.03. The molecule has 148 valence electrons. The lowest BCUT2D eigenvalue weighted by Gasteiger charge is -2.22. The fourth-order valence-corrected chi connectivity index (χ4v) is 3.32. The molecular weight excluding hydrogens is 360 g/mol. The molecule has 1 unspecified atom stereocenters. The van der Waals surface area contributed by atoms with Crippen LogP contribution in [0, 0.1) is 6.92 Å². The molecule has 0 spiro atoms. The van der Waals surface area contributed by atoms with E-state index in [9.17, 15) is 4.79 Å². The van der Waals surface area contributed by atoms with Crippen molar-refractivity contribution in [2.75, 3.05) is 28.4 Å². The van der Waals surface area contributed by atoms with Crippen molar-refractivity contribution < 1.29 is 23.7 Å². The van der Waals surface area contributed by atoms with Crippen LogP contribution in [-0.4, -0.2) is 45.3 Å². The fourth-order valence-electron chi connectivity index (χ4n) is 3.32. The Morgan fingerprint density at radius 2 is 1.71 bits per heavy atom. The summed E-state index contributed by atoms with van der Waals surface area (Å²) < 4.78 is 21.2. The van der Waals surface area contributed by atoms with Crippen LogP contribution in [0.4, 0.5) is 4.79 Å². The van der Waals surface area contributed by atoms with Gasteiger partial charge < -0.3 is 18.9 Å². The normalized spacial score (nSPS) is 15.8. The number of benzene rings is 2. The smallest absolute Gasteiger partial charge is 0.430 e. The molecule has 28 heavy (non-hydrogen) atoms. The van der Waals surface area contributed by atoms with E-state index < -0.39 is 6.09 Å². The van der Waals surface area contributed by atoms with E-state index in [4.69, 9.17) is 18.9 Å². The predicted octanol–water partition coefficient (Wildman–Crippen LogP) is 3.94. The molecule has 1 aliphatic rings. The second-order valence-electron chi connectivity index (χ2n) is 6.41. The lowest BCUT2D eigenvalue weighted by atomic mass is 9.97. The summed E-state index contributed by atoms with van der Waals surface area (Å²) in [6.45, 7) is 2.02. The average Bonchev–Trinajstić information content (AvgIpc) is 3.17. The van der Waals surface area contributed by atoms with Gasteiger partial charge in [-0.3, -0.25) is 0 Å². The van der Waals surface area contributed by atoms with E-state index in [-0.39, 0.29) is 6.04 Å². The summed E-state index contributed by atoms with van der Waals surface area (Å²) in [6.07, 6.45) is 0.0124. The summed E-state index contributed by atoms with van der Waals surface area (Å²) >= 11 is 0. The van der Waals surface area contributed by atoms with Gasteiger partial charge in [-0.1, -0.05) is 29.8 Å². The van der Waals surface area contributed by atoms with Crippen molar-refractivity contribution in [2.45, 2.75) is 19.4 Å². The highest BCUT2D eigenvalue weighted by atomic mass is 16.5. The number of hydrazone groups is 1. The van der Waals surface area contributed by atoms with Crippen molar-refractivity contribution >= 4 is 11.8 Å². The van der Waals surface area contributed by atoms with Crippen molar-refractivity contribution in [3.8, 4) is 17.2 Å². The standard InChI is InChI=1S/C21H24N2O5/c1-13-7-6-8-14(9-13)16-12-17(23(22-16)21(24)28-5)15-10-18(25-2)20(27-4)19(11-15)26-3/h6-11,17H,12H2,1-5H3. The van der Waals surface area contributed by atoms with Gasteiger partial charge in [0.15, 0.2) is 11.5 Å². The van der Waals surface area contributed by atoms with Crippen molar-refractivity contribution in [3.63, 3.8) is 0 Å². The third-order valence-electron chi connectivity index (χ3n) is 4.70. The highest BCUT2D eigenvalue weighted by Crippen LogP contribution is 2.43. The third-order valence-corrected chi connectivity index (χ3v) is 4.70. The third kappa shape index (κ3) is 3.60. The summed E-state index contributed by atoms with van der Waals surface area (Å²) in [7, 11) is 6.01. The van der Waals surface area contributed by atoms with E-state index in [0.717, 1.165) is 22.4 Å². The topological polar surface area (TPSA) is 69.6 Å². The maximum atomic E-state index is 12.4. The maximum absolute atomic E-state index is 12.4. The first kappa shape index (κ1) is 19.5. The van der Waals surface area contributed by atoms with Crippen LogP contribution in [0.3, 0.4) is 0 Å². The molecule has 0 aromatic heterocycles. The minimum Gasteiger partial charge on any atom is -0.493 e. The number of ether oxygens (including phenoxy) is 4. The number of amides is 1. The molecule has 0 saturated heterocycles. The number of carbonyl (C=O) groups excluding carboxylic acids is 1. The van der Waals surface area contributed by atoms with Crippen LogP contribution >= 0.6 is 0 Å². The Balaban J connectivity index is 2.04. The van der Waals surface area contributed by atoms with Gasteiger partial charge in [-0.25, -0.2) is 4.79 Å². The van der Waals surface area contributed by atoms with Crippen molar-refractivity contribution in [1.29, 1.82) is 0 Å². The molecule has 1 atom stereocenters. The molecule has 0 aliphatic carbocycles. The Labute approximate surface area is 164 Å². The van der Waals surface area contributed by atoms with Crippen LogP contribution in [0.2, 0.25) is 0 Å². The second-order valence-corrected chi connectivity index (χ2v) is 6.41. The second kappa shape index (κ2) is 8.21. The molecular formula is C21H24N2O5. The van der Waals surface area contributed by atoms with E-state index in [1.54, 1.807) is 21.3 Å². The molecule has 7 heteroatoms. The van der Waals surface area contributed by atoms with E-state index in [2.05, 4.69) is 5.10 Å². The minimum atomic E-state index is -0.526. The van der Waals surface area contributed by atoms with Gasteiger partial charge in [-0.05, 0) is 30.2 Å². The number of methoxy groups -OCH3 is 4. The molecule has 2 aromatic rings. The maximum Gasteiger partial charge on any atom is 0.430 e. The van der Waals surface area contributed by atoms with Crippen LogP contribution in [0.15, 0.2) is 41.5 Å². The van der Waals surface area contributed by atoms with Gasteiger partial charge in [0, 0.05) is 6.42 Å². The zero-order valence-electron chi connectivity index (χ0n) is 16.7. The monoisotopic (exact) mass is 384 g/mol. The Morgan fingerprint density at radius 1 is 1.04 bits per heavy atom. The van der Waals surface area contributed by atoms with Crippen molar-refractivity contribution in [1.82, 2.24) is 5.01 Å². The Hall–Kier alpha value is -3.22. The van der Waals surface area contributed by atoms with E-state index in [1.165, 1.54) is 12.1 Å². The zero-order valence-corrected chi connectivity index (χ0v) is 16.7. The van der Waals surface area contributed by atoms with E-state index in [1.807, 2.05) is 43.3 Å². The molecule has 3 rings (SSSR count). The number of nitrogens with zero attached hydrogens (tertiary/aromatic N) is 2. The van der Waals surface area contributed by atoms with Crippen LogP contribution in [0.25, 0.3) is 0 Å². The van der Waals surface area contributed by atoms with Gasteiger partial charge in [0.25, 0.3) is 0 Å². The molecule has 0 bridgehead atoms. The Bertz CT molecular complexity index is 884. The molecule has 0 saturated carbocycles. The van der Waals surface area contributed by atoms with Crippen LogP contribution < -0.4 is 14.2 Å². The molecule has 7 nitrogen and oxygen atoms in total. The van der Waals surface area contributed by atoms with Gasteiger partial charge in [0.2, 0.25) is 5.75 Å². The lowest BCUT2D eigenvalue weighted by Crippen LogP contribution is -2.26. The first-order valence-corrected chi connectivity index (χ1v) is 8.84. The van der Waals surface area contributed by atoms with Crippen LogP contribution in [-0.2, 0) is 4.74 Å². The summed E-state index contributed by atoms with van der Waals surface area (Å²) in [6, 6.07) is 11.3. The number of hydrogen-bond acceptors (Lipinski definition) is 6. The van der Waals surface area contributed by atoms with Gasteiger partial charge in [-0.2, -0.15) is 10.1 Å². The number of carbonyl (C=O) groups is 1. The Morgan fingerprint density at radius 3 is 2.25 bits per heavy atom. The largest absolute Gasteiger partial charge is 0.493 e. The first-order valence-electron chi connectivity index (χ1n) is 8.84. The molecule has 1 heterocycles. The summed E-state index contributed by atoms with van der Waals surface area (Å²) in [5, 5.41) is 5.90. The fraction of sp³-hybridized carbons (Fsp3) is 0.333. The highest BCUT2D eigenvalue weighted by Gasteiger charge is 2.35. The van der Waals surface area contributed by atoms with Gasteiger partial charge in [0.1, 0.15) is 0 Å². The molecule has 1 aliphatic heterocycles. The molecule has 0 N–H and O–H groups in total. The molecule has 1 amide bonds. The molecule has 0 fully saturated rings. The van der Waals surface area contributed by atoms with Crippen LogP contribution in [0.1, 0.15) is 29.2 Å². The minimum absolute atomic E-state index is 0.350. The lowest BCUT2D eigenvalue weighted by molar-refractivity contribution is 0.113. The first-order chi connectivity index (χ1) is 13.5. The molecule has 2 aromatic carbocycles. The number of rotatable bonds is 5. The molecule has 0 radical (unpaired) electrons. The Kier molecular flexibility index (Phi) is 5.73. The van der Waals surface area contributed by atoms with E-state index in [0.29, 0.717) is 23.7 Å². The number of aryl methyl sites for hydroxylation is 1. The SMILES string of the molecule is COC(=O)N1N=C(c2cccc(C)c2)CC1c1cc(OC)c(OC)c(OC)c1. The zero-order chi connectivity index (χ0) is 20.3. The van der Waals surface area contributed by atoms with Crippen LogP contribution in [0.5, 0.6) is 17.2 Å². The quantitative estimate of drug-likeness (QED) is 0.781. The van der Waals surface area contributed by atoms with Gasteiger partial charge >= 0.3 is 6.09 Å². The van der Waals surface area contributed by atoms with E-state index >= 15 is 0 Å². The van der Waals surface area contributed by atoms with Crippen molar-refractivity contribution in [2.24, 2.45) is 5.10 Å². The average molecular weight is 384 g/mol. The van der Waals surface area contributed by atoms with Gasteiger partial charge in [0.05, 0.1) is 40.2 Å². The summed E-state index contributed by atoms with van der Waals surface area (Å²) in [5.74, 6) is 1.53. The summed E-state index contributed by atoms with van der Waals surface area (Å²) in [4.78, 5) is 12.4. The number of hydrogen-bond donors (Lipinski definition) is 0. The summed E-state index contributed by atoms with van der Waals surface area (Å²) in [5.41, 5.74) is 3.73. The van der Waals surface area contributed by atoms with Crippen molar-refractivity contribution in [3.05, 3.63) is 53.1 Å². The predicted molar refractivity (Wildman–Crippen MR) is 105 cm³/mol.